The van der Waals surface area contributed by atoms with Gasteiger partial charge in [-0.05, 0) is 55.8 Å². The molecule has 2 heterocycles. The molecule has 4 rings (SSSR count). The van der Waals surface area contributed by atoms with E-state index >= 15 is 0 Å². The first kappa shape index (κ1) is 16.7. The number of rotatable bonds is 3. The zero-order chi connectivity index (χ0) is 18.3. The van der Waals surface area contributed by atoms with Crippen LogP contribution in [0.15, 0.2) is 41.2 Å². The molecule has 5 nitrogen and oxygen atoms in total. The Morgan fingerprint density at radius 2 is 1.96 bits per heavy atom. The molecular formula is C19H17F2N3O2. The number of benzene rings is 2. The van der Waals surface area contributed by atoms with Crippen molar-refractivity contribution in [2.75, 3.05) is 13.7 Å². The number of aromatic nitrogens is 2. The van der Waals surface area contributed by atoms with Gasteiger partial charge in [-0.3, -0.25) is 9.36 Å². The molecule has 0 saturated carbocycles. The van der Waals surface area contributed by atoms with E-state index in [-0.39, 0.29) is 16.9 Å². The summed E-state index contributed by atoms with van der Waals surface area (Å²) in [7, 11) is 1.55. The fraction of sp³-hybridized carbons (Fsp3) is 0.263. The van der Waals surface area contributed by atoms with E-state index in [1.165, 1.54) is 10.6 Å². The van der Waals surface area contributed by atoms with Crippen molar-refractivity contribution in [3.63, 3.8) is 0 Å². The number of ether oxygens (including phenoxy) is 1. The van der Waals surface area contributed by atoms with Gasteiger partial charge in [0.15, 0.2) is 11.6 Å². The van der Waals surface area contributed by atoms with Crippen molar-refractivity contribution in [3.8, 4) is 11.4 Å². The van der Waals surface area contributed by atoms with Gasteiger partial charge in [0.1, 0.15) is 17.0 Å². The minimum absolute atomic E-state index is 0.123. The van der Waals surface area contributed by atoms with E-state index in [4.69, 9.17) is 4.74 Å². The average Bonchev–Trinajstić information content (AvgIpc) is 3.19. The van der Waals surface area contributed by atoms with E-state index in [2.05, 4.69) is 10.3 Å². The largest absolute Gasteiger partial charge is 0.497 e. The Bertz CT molecular complexity index is 1030. The number of halogens is 2. The fourth-order valence-electron chi connectivity index (χ4n) is 3.35. The standard InChI is InChI=1S/C19H17F2N3O2/c1-26-12-6-4-11(5-7-12)24-18(15-3-2-10-22-15)23-14-9-8-13(20)17(21)16(14)19(24)25/h4-9,15,22H,2-3,10H2,1H3. The molecule has 1 fully saturated rings. The first-order valence-corrected chi connectivity index (χ1v) is 8.38. The Hall–Kier alpha value is -2.80. The van der Waals surface area contributed by atoms with Gasteiger partial charge in [0.25, 0.3) is 5.56 Å². The summed E-state index contributed by atoms with van der Waals surface area (Å²) in [5.41, 5.74) is 0.0563. The summed E-state index contributed by atoms with van der Waals surface area (Å²) in [6, 6.07) is 9.02. The highest BCUT2D eigenvalue weighted by Crippen LogP contribution is 2.26. The molecule has 2 aromatic carbocycles. The summed E-state index contributed by atoms with van der Waals surface area (Å²) in [4.78, 5) is 17.6. The molecule has 1 atom stereocenters. The van der Waals surface area contributed by atoms with Crippen molar-refractivity contribution >= 4 is 10.9 Å². The summed E-state index contributed by atoms with van der Waals surface area (Å²) in [6.45, 7) is 0.818. The van der Waals surface area contributed by atoms with E-state index in [9.17, 15) is 13.6 Å². The minimum Gasteiger partial charge on any atom is -0.497 e. The van der Waals surface area contributed by atoms with E-state index in [1.807, 2.05) is 0 Å². The number of hydrogen-bond donors (Lipinski definition) is 1. The van der Waals surface area contributed by atoms with Gasteiger partial charge in [-0.1, -0.05) is 0 Å². The maximum absolute atomic E-state index is 14.3. The normalized spacial score (nSPS) is 17.0. The molecule has 1 saturated heterocycles. The van der Waals surface area contributed by atoms with E-state index in [0.29, 0.717) is 17.3 Å². The topological polar surface area (TPSA) is 56.1 Å². The summed E-state index contributed by atoms with van der Waals surface area (Å²) in [5, 5.41) is 2.96. The van der Waals surface area contributed by atoms with Crippen molar-refractivity contribution in [1.82, 2.24) is 14.9 Å². The molecule has 1 aliphatic heterocycles. The molecule has 0 aliphatic carbocycles. The van der Waals surface area contributed by atoms with Crippen molar-refractivity contribution in [3.05, 3.63) is 64.2 Å². The van der Waals surface area contributed by atoms with Crippen molar-refractivity contribution < 1.29 is 13.5 Å². The Balaban J connectivity index is 2.03. The second kappa shape index (κ2) is 6.49. The monoisotopic (exact) mass is 357 g/mol. The number of hydrogen-bond acceptors (Lipinski definition) is 4. The van der Waals surface area contributed by atoms with Gasteiger partial charge < -0.3 is 10.1 Å². The lowest BCUT2D eigenvalue weighted by atomic mass is 10.1. The lowest BCUT2D eigenvalue weighted by molar-refractivity contribution is 0.414. The third kappa shape index (κ3) is 2.64. The SMILES string of the molecule is COc1ccc(-n2c(C3CCCN3)nc3ccc(F)c(F)c3c2=O)cc1. The van der Waals surface area contributed by atoms with Gasteiger partial charge in [0, 0.05) is 0 Å². The van der Waals surface area contributed by atoms with Gasteiger partial charge in [0.2, 0.25) is 0 Å². The number of nitrogens with one attached hydrogen (secondary N) is 1. The molecule has 0 spiro atoms. The highest BCUT2D eigenvalue weighted by atomic mass is 19.2. The fourth-order valence-corrected chi connectivity index (χ4v) is 3.35. The lowest BCUT2D eigenvalue weighted by Gasteiger charge is -2.18. The molecule has 1 unspecified atom stereocenters. The predicted octanol–water partition coefficient (Wildman–Crippen LogP) is 3.10. The zero-order valence-electron chi connectivity index (χ0n) is 14.1. The van der Waals surface area contributed by atoms with Crippen LogP contribution >= 0.6 is 0 Å². The summed E-state index contributed by atoms with van der Waals surface area (Å²) in [5.74, 6) is -1.11. The quantitative estimate of drug-likeness (QED) is 0.783. The molecule has 0 amide bonds. The Kier molecular flexibility index (Phi) is 4.16. The van der Waals surface area contributed by atoms with Crippen LogP contribution in [0.25, 0.3) is 16.6 Å². The van der Waals surface area contributed by atoms with Gasteiger partial charge in [-0.25, -0.2) is 13.8 Å². The van der Waals surface area contributed by atoms with Crippen LogP contribution in [0.4, 0.5) is 8.78 Å². The summed E-state index contributed by atoms with van der Waals surface area (Å²) in [6.07, 6.45) is 1.77. The van der Waals surface area contributed by atoms with Crippen LogP contribution in [0.1, 0.15) is 24.7 Å². The molecule has 3 aromatic rings. The molecule has 26 heavy (non-hydrogen) atoms. The number of fused-ring (bicyclic) bond motifs is 1. The molecule has 1 aliphatic rings. The van der Waals surface area contributed by atoms with E-state index < -0.39 is 17.2 Å². The van der Waals surface area contributed by atoms with E-state index in [0.717, 1.165) is 25.5 Å². The first-order valence-electron chi connectivity index (χ1n) is 8.38. The highest BCUT2D eigenvalue weighted by molar-refractivity contribution is 5.79. The predicted molar refractivity (Wildman–Crippen MR) is 93.8 cm³/mol. The van der Waals surface area contributed by atoms with Crippen molar-refractivity contribution in [2.45, 2.75) is 18.9 Å². The molecule has 1 N–H and O–H groups in total. The zero-order valence-corrected chi connectivity index (χ0v) is 14.1. The van der Waals surface area contributed by atoms with Crippen molar-refractivity contribution in [2.24, 2.45) is 0 Å². The minimum atomic E-state index is -1.17. The molecule has 134 valence electrons. The van der Waals surface area contributed by atoms with Crippen LogP contribution in [-0.4, -0.2) is 23.2 Å². The molecule has 1 aromatic heterocycles. The van der Waals surface area contributed by atoms with Crippen LogP contribution < -0.4 is 15.6 Å². The van der Waals surface area contributed by atoms with Gasteiger partial charge in [-0.2, -0.15) is 0 Å². The Labute approximate surface area is 148 Å². The third-order valence-electron chi connectivity index (χ3n) is 4.66. The second-order valence-electron chi connectivity index (χ2n) is 6.21. The molecule has 7 heteroatoms. The van der Waals surface area contributed by atoms with E-state index in [1.54, 1.807) is 31.4 Å². The lowest BCUT2D eigenvalue weighted by Crippen LogP contribution is -2.29. The van der Waals surface area contributed by atoms with Crippen LogP contribution in [0.3, 0.4) is 0 Å². The van der Waals surface area contributed by atoms with Crippen molar-refractivity contribution in [1.29, 1.82) is 0 Å². The third-order valence-corrected chi connectivity index (χ3v) is 4.66. The molecule has 0 radical (unpaired) electrons. The van der Waals surface area contributed by atoms with Gasteiger partial charge in [0.05, 0.1) is 24.4 Å². The van der Waals surface area contributed by atoms with Gasteiger partial charge >= 0.3 is 0 Å². The maximum Gasteiger partial charge on any atom is 0.269 e. The average molecular weight is 357 g/mol. The molecular weight excluding hydrogens is 340 g/mol. The maximum atomic E-state index is 14.3. The highest BCUT2D eigenvalue weighted by Gasteiger charge is 2.25. The second-order valence-corrected chi connectivity index (χ2v) is 6.21. The Morgan fingerprint density at radius 3 is 2.62 bits per heavy atom. The van der Waals surface area contributed by atoms with Gasteiger partial charge in [-0.15, -0.1) is 0 Å². The van der Waals surface area contributed by atoms with Crippen LogP contribution in [0, 0.1) is 11.6 Å². The van der Waals surface area contributed by atoms with Crippen LogP contribution in [0.5, 0.6) is 5.75 Å². The smallest absolute Gasteiger partial charge is 0.269 e. The Morgan fingerprint density at radius 1 is 1.19 bits per heavy atom. The summed E-state index contributed by atoms with van der Waals surface area (Å²) < 4.78 is 34.5. The first-order chi connectivity index (χ1) is 12.6. The van der Waals surface area contributed by atoms with Crippen LogP contribution in [0.2, 0.25) is 0 Å². The van der Waals surface area contributed by atoms with Crippen LogP contribution in [-0.2, 0) is 0 Å². The number of nitrogens with zero attached hydrogens (tertiary/aromatic N) is 2. The molecule has 0 bridgehead atoms. The number of methoxy groups -OCH3 is 1. The summed E-state index contributed by atoms with van der Waals surface area (Å²) >= 11 is 0.